The van der Waals surface area contributed by atoms with Gasteiger partial charge in [0.25, 0.3) is 0 Å². The van der Waals surface area contributed by atoms with Gasteiger partial charge in [-0.05, 0) is 31.4 Å². The Morgan fingerprint density at radius 1 is 1.00 bits per heavy atom. The number of hydrazine groups is 1. The number of hydrogen-bond donors (Lipinski definition) is 2. The van der Waals surface area contributed by atoms with Crippen LogP contribution in [0.25, 0.3) is 0 Å². The first-order valence-electron chi connectivity index (χ1n) is 6.27. The second-order valence-electron chi connectivity index (χ2n) is 4.83. The number of nitrogens with two attached hydrogens (primary N) is 1. The minimum atomic E-state index is 0.159. The maximum absolute atomic E-state index is 5.69. The fraction of sp³-hybridized carbons (Fsp3) is 0.250. The molecule has 0 spiro atoms. The Labute approximate surface area is 109 Å². The van der Waals surface area contributed by atoms with Gasteiger partial charge in [0.05, 0.1) is 0 Å². The lowest BCUT2D eigenvalue weighted by atomic mass is 9.97. The molecule has 0 bridgehead atoms. The van der Waals surface area contributed by atoms with E-state index in [0.717, 1.165) is 6.42 Å². The Morgan fingerprint density at radius 2 is 1.67 bits per heavy atom. The predicted molar refractivity (Wildman–Crippen MR) is 76.1 cm³/mol. The van der Waals surface area contributed by atoms with E-state index in [2.05, 4.69) is 67.8 Å². The van der Waals surface area contributed by atoms with Crippen LogP contribution in [0.3, 0.4) is 0 Å². The fourth-order valence-electron chi connectivity index (χ4n) is 2.23. The van der Waals surface area contributed by atoms with E-state index in [-0.39, 0.29) is 6.04 Å². The average molecular weight is 240 g/mol. The lowest BCUT2D eigenvalue weighted by Crippen LogP contribution is -2.29. The highest BCUT2D eigenvalue weighted by Crippen LogP contribution is 2.19. The summed E-state index contributed by atoms with van der Waals surface area (Å²) in [5.41, 5.74) is 8.00. The molecule has 0 radical (unpaired) electrons. The van der Waals surface area contributed by atoms with Crippen molar-refractivity contribution in [2.24, 2.45) is 5.84 Å². The molecule has 2 aromatic rings. The number of rotatable bonds is 4. The summed E-state index contributed by atoms with van der Waals surface area (Å²) in [6.45, 7) is 4.21. The molecule has 94 valence electrons. The Bertz CT molecular complexity index is 520. The van der Waals surface area contributed by atoms with Crippen LogP contribution in [-0.4, -0.2) is 0 Å². The van der Waals surface area contributed by atoms with Crippen LogP contribution in [0.15, 0.2) is 48.5 Å². The van der Waals surface area contributed by atoms with Gasteiger partial charge in [-0.2, -0.15) is 0 Å². The zero-order valence-corrected chi connectivity index (χ0v) is 11.0. The van der Waals surface area contributed by atoms with E-state index >= 15 is 0 Å². The van der Waals surface area contributed by atoms with Crippen molar-refractivity contribution >= 4 is 0 Å². The van der Waals surface area contributed by atoms with Crippen molar-refractivity contribution < 1.29 is 0 Å². The van der Waals surface area contributed by atoms with Crippen LogP contribution in [0.4, 0.5) is 0 Å². The van der Waals surface area contributed by atoms with Gasteiger partial charge in [0.1, 0.15) is 0 Å². The van der Waals surface area contributed by atoms with Crippen molar-refractivity contribution in [1.29, 1.82) is 0 Å². The minimum Gasteiger partial charge on any atom is -0.271 e. The van der Waals surface area contributed by atoms with E-state index in [1.807, 2.05) is 0 Å². The highest BCUT2D eigenvalue weighted by molar-refractivity contribution is 5.28. The third kappa shape index (κ3) is 3.19. The van der Waals surface area contributed by atoms with Gasteiger partial charge in [0.15, 0.2) is 0 Å². The monoisotopic (exact) mass is 240 g/mol. The van der Waals surface area contributed by atoms with Gasteiger partial charge in [-0.3, -0.25) is 11.3 Å². The van der Waals surface area contributed by atoms with Crippen LogP contribution in [0.5, 0.6) is 0 Å². The van der Waals surface area contributed by atoms with Crippen molar-refractivity contribution in [3.8, 4) is 0 Å². The highest BCUT2D eigenvalue weighted by Gasteiger charge is 2.10. The molecule has 0 heterocycles. The molecule has 0 aliphatic carbocycles. The molecule has 1 unspecified atom stereocenters. The summed E-state index contributed by atoms with van der Waals surface area (Å²) in [4.78, 5) is 0. The zero-order chi connectivity index (χ0) is 13.0. The first-order chi connectivity index (χ1) is 8.69. The van der Waals surface area contributed by atoms with E-state index in [0.29, 0.717) is 0 Å². The van der Waals surface area contributed by atoms with Crippen LogP contribution in [0.2, 0.25) is 0 Å². The smallest absolute Gasteiger partial charge is 0.0500 e. The maximum Gasteiger partial charge on any atom is 0.0500 e. The number of nitrogens with one attached hydrogen (secondary N) is 1. The summed E-state index contributed by atoms with van der Waals surface area (Å²) in [6, 6.07) is 17.2. The third-order valence-corrected chi connectivity index (χ3v) is 3.17. The second kappa shape index (κ2) is 5.80. The first kappa shape index (κ1) is 12.8. The van der Waals surface area contributed by atoms with E-state index in [4.69, 9.17) is 5.84 Å². The summed E-state index contributed by atoms with van der Waals surface area (Å²) in [6.07, 6.45) is 0.904. The fourth-order valence-corrected chi connectivity index (χ4v) is 2.23. The molecule has 2 nitrogen and oxygen atoms in total. The number of aryl methyl sites for hydroxylation is 2. The van der Waals surface area contributed by atoms with Crippen molar-refractivity contribution in [3.05, 3.63) is 70.8 Å². The molecular weight excluding hydrogens is 220 g/mol. The molecule has 0 fully saturated rings. The van der Waals surface area contributed by atoms with E-state index in [1.54, 1.807) is 0 Å². The van der Waals surface area contributed by atoms with Crippen LogP contribution < -0.4 is 11.3 Å². The molecule has 2 rings (SSSR count). The Hall–Kier alpha value is -1.64. The molecule has 0 saturated carbocycles. The van der Waals surface area contributed by atoms with Gasteiger partial charge in [-0.15, -0.1) is 0 Å². The van der Waals surface area contributed by atoms with Gasteiger partial charge in [0.2, 0.25) is 0 Å². The molecule has 3 N–H and O–H groups in total. The maximum atomic E-state index is 5.69. The number of benzene rings is 2. The Morgan fingerprint density at radius 3 is 2.28 bits per heavy atom. The molecule has 0 saturated heterocycles. The SMILES string of the molecule is Cc1cccc(CC(NN)c2cccc(C)c2)c1. The first-order valence-corrected chi connectivity index (χ1v) is 6.27. The predicted octanol–water partition coefficient (Wildman–Crippen LogP) is 3.05. The van der Waals surface area contributed by atoms with Gasteiger partial charge in [0, 0.05) is 6.04 Å². The molecule has 2 aromatic carbocycles. The summed E-state index contributed by atoms with van der Waals surface area (Å²) in [7, 11) is 0. The van der Waals surface area contributed by atoms with Gasteiger partial charge < -0.3 is 0 Å². The summed E-state index contributed by atoms with van der Waals surface area (Å²) in [5.74, 6) is 5.69. The minimum absolute atomic E-state index is 0.159. The lowest BCUT2D eigenvalue weighted by molar-refractivity contribution is 0.551. The second-order valence-corrected chi connectivity index (χ2v) is 4.83. The Balaban J connectivity index is 2.19. The van der Waals surface area contributed by atoms with E-state index in [1.165, 1.54) is 22.3 Å². The van der Waals surface area contributed by atoms with Crippen molar-refractivity contribution in [1.82, 2.24) is 5.43 Å². The summed E-state index contributed by atoms with van der Waals surface area (Å²) >= 11 is 0. The van der Waals surface area contributed by atoms with Gasteiger partial charge >= 0.3 is 0 Å². The third-order valence-electron chi connectivity index (χ3n) is 3.17. The van der Waals surface area contributed by atoms with Crippen LogP contribution in [-0.2, 0) is 6.42 Å². The Kier molecular flexibility index (Phi) is 4.13. The zero-order valence-electron chi connectivity index (χ0n) is 11.0. The molecular formula is C16H20N2. The van der Waals surface area contributed by atoms with Crippen LogP contribution in [0.1, 0.15) is 28.3 Å². The van der Waals surface area contributed by atoms with E-state index < -0.39 is 0 Å². The molecule has 0 amide bonds. The average Bonchev–Trinajstić information content (AvgIpc) is 2.36. The topological polar surface area (TPSA) is 38.0 Å². The lowest BCUT2D eigenvalue weighted by Gasteiger charge is -2.17. The summed E-state index contributed by atoms with van der Waals surface area (Å²) < 4.78 is 0. The summed E-state index contributed by atoms with van der Waals surface area (Å²) in [5, 5.41) is 0. The normalized spacial score (nSPS) is 12.4. The van der Waals surface area contributed by atoms with Crippen molar-refractivity contribution in [2.75, 3.05) is 0 Å². The van der Waals surface area contributed by atoms with Crippen molar-refractivity contribution in [2.45, 2.75) is 26.3 Å². The number of hydrogen-bond acceptors (Lipinski definition) is 2. The van der Waals surface area contributed by atoms with Gasteiger partial charge in [-0.25, -0.2) is 0 Å². The standard InChI is InChI=1S/C16H20N2/c1-12-5-3-7-14(9-12)11-16(18-17)15-8-4-6-13(2)10-15/h3-10,16,18H,11,17H2,1-2H3. The molecule has 0 aliphatic heterocycles. The largest absolute Gasteiger partial charge is 0.271 e. The quantitative estimate of drug-likeness (QED) is 0.636. The van der Waals surface area contributed by atoms with Crippen molar-refractivity contribution in [3.63, 3.8) is 0 Å². The van der Waals surface area contributed by atoms with E-state index in [9.17, 15) is 0 Å². The van der Waals surface area contributed by atoms with Crippen LogP contribution >= 0.6 is 0 Å². The molecule has 1 atom stereocenters. The van der Waals surface area contributed by atoms with Crippen LogP contribution in [0, 0.1) is 13.8 Å². The molecule has 0 aliphatic rings. The molecule has 18 heavy (non-hydrogen) atoms. The highest BCUT2D eigenvalue weighted by atomic mass is 15.2. The molecule has 2 heteroatoms. The van der Waals surface area contributed by atoms with Gasteiger partial charge in [-0.1, -0.05) is 59.7 Å². The molecule has 0 aromatic heterocycles.